The first-order valence-electron chi connectivity index (χ1n) is 48.1. The monoisotopic (exact) mass is 1790 g/mol. The Kier molecular flexibility index (Phi) is 17.9. The summed E-state index contributed by atoms with van der Waals surface area (Å²) in [6.07, 6.45) is 9.14. The topological polar surface area (TPSA) is 104 Å². The second-order valence-electron chi connectivity index (χ2n) is 41.0. The van der Waals surface area contributed by atoms with Crippen molar-refractivity contribution < 1.29 is 18.3 Å². The van der Waals surface area contributed by atoms with E-state index in [4.69, 9.17) is 19.9 Å². The summed E-state index contributed by atoms with van der Waals surface area (Å²) >= 11 is 0. The van der Waals surface area contributed by atoms with Crippen LogP contribution in [0.25, 0.3) is 201 Å². The van der Waals surface area contributed by atoms with Crippen molar-refractivity contribution in [2.45, 2.75) is 139 Å². The van der Waals surface area contributed by atoms with E-state index in [1.165, 1.54) is 195 Å². The molecule has 12 aromatic carbocycles. The Bertz CT molecular complexity index is 9350. The molecule has 0 N–H and O–H groups in total. The van der Waals surface area contributed by atoms with Gasteiger partial charge in [0.1, 0.15) is 28.2 Å². The Balaban J connectivity index is 0.0000000971. The van der Waals surface area contributed by atoms with Crippen LogP contribution in [0.3, 0.4) is 0 Å². The van der Waals surface area contributed by atoms with Gasteiger partial charge in [0, 0.05) is 28.3 Å². The van der Waals surface area contributed by atoms with Crippen molar-refractivity contribution >= 4 is 111 Å². The molecule has 12 aromatic heterocycles. The van der Waals surface area contributed by atoms with Gasteiger partial charge in [0.15, 0.2) is 24.8 Å². The molecule has 0 aliphatic carbocycles. The van der Waals surface area contributed by atoms with E-state index in [1.807, 2.05) is 0 Å². The van der Waals surface area contributed by atoms with Crippen LogP contribution in [-0.4, -0.2) is 55.8 Å². The predicted molar refractivity (Wildman–Crippen MR) is 557 cm³/mol. The number of rotatable bonds is 5. The van der Waals surface area contributed by atoms with Crippen molar-refractivity contribution in [2.75, 3.05) is 0 Å². The Morgan fingerprint density at radius 3 is 0.905 bits per heavy atom. The van der Waals surface area contributed by atoms with Crippen molar-refractivity contribution in [1.29, 1.82) is 0 Å². The first-order chi connectivity index (χ1) is 66.1. The minimum absolute atomic E-state index is 0.285. The summed E-state index contributed by atoms with van der Waals surface area (Å²) in [6, 6.07) is 97.4. The van der Waals surface area contributed by atoms with Crippen LogP contribution < -0.4 is 18.3 Å². The molecule has 0 spiro atoms. The third kappa shape index (κ3) is 11.3. The first kappa shape index (κ1) is 83.2. The summed E-state index contributed by atoms with van der Waals surface area (Å²) in [5.41, 5.74) is 52.8. The fourth-order valence-corrected chi connectivity index (χ4v) is 25.3. The average molecular weight is 1790 g/mol. The number of hydrogen-bond acceptors (Lipinski definition) is 4. The molecule has 670 valence electrons. The van der Waals surface area contributed by atoms with E-state index < -0.39 is 0 Å². The summed E-state index contributed by atoms with van der Waals surface area (Å²) in [4.78, 5) is 20.6. The first-order valence-corrected chi connectivity index (χ1v) is 48.1. The molecule has 137 heavy (non-hydrogen) atoms. The van der Waals surface area contributed by atoms with Crippen molar-refractivity contribution in [3.05, 3.63) is 359 Å². The largest absolute Gasteiger partial charge is 0.299 e. The number of aryl methyl sites for hydroxylation is 9. The predicted octanol–water partition coefficient (Wildman–Crippen LogP) is 25.8. The van der Waals surface area contributed by atoms with Crippen LogP contribution in [-0.2, 0) is 50.3 Å². The molecule has 0 atom stereocenters. The van der Waals surface area contributed by atoms with Gasteiger partial charge in [-0.05, 0) is 237 Å². The lowest BCUT2D eigenvalue weighted by Crippen LogP contribution is -2.42. The Labute approximate surface area is 795 Å². The normalized spacial score (nSPS) is 14.3. The number of para-hydroxylation sites is 8. The van der Waals surface area contributed by atoms with Gasteiger partial charge in [0.05, 0.1) is 155 Å². The molecule has 28 rings (SSSR count). The van der Waals surface area contributed by atoms with E-state index in [0.717, 1.165) is 67.2 Å². The molecule has 4 aliphatic heterocycles. The summed E-state index contributed by atoms with van der Waals surface area (Å²) in [6.45, 7) is 36.9. The number of fused-ring (bicyclic) bond motifs is 28. The SMILES string of the molecule is Cc1c[n+](C)c2c(c1-c1ccccc1)C(C)(C)n1c3c-2c(C)ccc3n2c3ccccc3nc12.Cc1ccc2c3c1-c1c(c(-c4ccccc4)cc[n+]1C)C(C)(C)n3c1nc3ccccc3n21.Cc1ccc2c3c1-c1c(c(C(C)C)c(-c4ccccc4)c[n+]1C)C(C)(C)n3c1nc3ccccc3n21.Cc1ccc2c3c1-c1c(c(C)c(-c4ccccc4)c[n+]1C)C(C)(C)n3c1nc3ccccc3n21. The van der Waals surface area contributed by atoms with Gasteiger partial charge in [0.2, 0.25) is 45.9 Å². The molecule has 0 saturated carbocycles. The molecule has 16 nitrogen and oxygen atoms in total. The van der Waals surface area contributed by atoms with Gasteiger partial charge in [-0.1, -0.05) is 208 Å². The van der Waals surface area contributed by atoms with Crippen molar-refractivity contribution in [1.82, 2.24) is 55.8 Å². The smallest absolute Gasteiger partial charge is 0.220 e. The molecule has 16 heterocycles. The standard InChI is InChI=1S/C32H31N4.2C30H27N4.C29H25N4/c1-19(2)26-22(21-12-8-7-9-13-21)18-34(6)30-27-20(3)16-17-25-29(27)36(32(4,5)28(26)30)31-33-23-14-10-11-15-24(23)35(25)31;1-18-15-16-24-27-25(18)28-26(19(2)21(17-32(28)5)20-11-7-6-8-12-20)30(3,4)34(27)29-31-22-13-9-10-14-23(22)33(24)29;1-18-15-16-23-27-25(18)28-26(24(19(2)17-32(28)5)20-11-7-6-8-12-20)30(3,4)34(27)29-31-21-13-9-10-14-22(21)33(23)29;1-18-14-15-23-26-24(18)27-25(20(16-17-31(27)4)19-10-6-5-7-11-19)29(2,3)33(26)28-30-21-12-8-9-13-22(21)32(23)28/h7-19H,1-6H3;2*6-17H,1-5H3;5-17H,1-4H3/q4*+1. The zero-order valence-corrected chi connectivity index (χ0v) is 81.5. The molecule has 0 saturated heterocycles. The maximum absolute atomic E-state index is 5.19. The summed E-state index contributed by atoms with van der Waals surface area (Å²) in [5, 5.41) is 0. The van der Waals surface area contributed by atoms with E-state index in [1.54, 1.807) is 0 Å². The molecule has 0 fully saturated rings. The Morgan fingerprint density at radius 1 is 0.248 bits per heavy atom. The highest BCUT2D eigenvalue weighted by Crippen LogP contribution is 2.57. The maximum atomic E-state index is 5.19. The van der Waals surface area contributed by atoms with Crippen LogP contribution in [0.2, 0.25) is 0 Å². The van der Waals surface area contributed by atoms with Crippen LogP contribution in [0, 0.1) is 41.5 Å². The molecular formula is C121H110N16+4. The molecule has 0 radical (unpaired) electrons. The van der Waals surface area contributed by atoms with Gasteiger partial charge in [0.25, 0.3) is 0 Å². The van der Waals surface area contributed by atoms with Crippen LogP contribution >= 0.6 is 0 Å². The minimum Gasteiger partial charge on any atom is -0.299 e. The number of pyridine rings is 4. The number of nitrogens with zero attached hydrogens (tertiary/aromatic N) is 16. The van der Waals surface area contributed by atoms with Crippen molar-refractivity contribution in [3.8, 4) is 89.5 Å². The molecule has 24 aromatic rings. The lowest BCUT2D eigenvalue weighted by Gasteiger charge is -2.36. The highest BCUT2D eigenvalue weighted by Gasteiger charge is 2.50. The fraction of sp³-hybridized carbons (Fsp3) is 0.207. The van der Waals surface area contributed by atoms with Crippen LogP contribution in [0.1, 0.15) is 136 Å². The zero-order chi connectivity index (χ0) is 94.1. The molecule has 0 unspecified atom stereocenters. The van der Waals surface area contributed by atoms with Crippen molar-refractivity contribution in [3.63, 3.8) is 0 Å². The molecular weight excluding hydrogens is 1680 g/mol. The van der Waals surface area contributed by atoms with Gasteiger partial charge in [-0.15, -0.1) is 0 Å². The Hall–Kier alpha value is -15.7. The molecule has 0 bridgehead atoms. The van der Waals surface area contributed by atoms with Gasteiger partial charge in [-0.25, -0.2) is 38.2 Å². The van der Waals surface area contributed by atoms with Gasteiger partial charge in [-0.3, -0.25) is 35.9 Å². The number of hydrogen-bond donors (Lipinski definition) is 0. The lowest BCUT2D eigenvalue weighted by atomic mass is 9.76. The summed E-state index contributed by atoms with van der Waals surface area (Å²) in [7, 11) is 8.76. The molecule has 4 aliphatic rings. The third-order valence-corrected chi connectivity index (χ3v) is 30.9. The zero-order valence-electron chi connectivity index (χ0n) is 81.5. The van der Waals surface area contributed by atoms with Crippen LogP contribution in [0.5, 0.6) is 0 Å². The van der Waals surface area contributed by atoms with E-state index in [0.29, 0.717) is 5.92 Å². The van der Waals surface area contributed by atoms with Gasteiger partial charge < -0.3 is 0 Å². The summed E-state index contributed by atoms with van der Waals surface area (Å²) in [5.74, 6) is 4.38. The van der Waals surface area contributed by atoms with E-state index in [2.05, 4.69) is 491 Å². The Morgan fingerprint density at radius 2 is 0.533 bits per heavy atom. The maximum Gasteiger partial charge on any atom is 0.220 e. The number of benzene rings is 12. The van der Waals surface area contributed by atoms with E-state index in [9.17, 15) is 0 Å². The second kappa shape index (κ2) is 29.4. The quantitative estimate of drug-likeness (QED) is 0.160. The highest BCUT2D eigenvalue weighted by atomic mass is 15.3. The molecule has 0 amide bonds. The molecule has 16 heteroatoms. The van der Waals surface area contributed by atoms with Gasteiger partial charge >= 0.3 is 0 Å². The van der Waals surface area contributed by atoms with E-state index >= 15 is 0 Å². The highest BCUT2D eigenvalue weighted by molar-refractivity contribution is 6.07. The summed E-state index contributed by atoms with van der Waals surface area (Å²) < 4.78 is 28.7. The number of aromatic nitrogens is 16. The number of imidazole rings is 8. The minimum atomic E-state index is -0.310. The lowest BCUT2D eigenvalue weighted by molar-refractivity contribution is -0.661. The second-order valence-corrected chi connectivity index (χ2v) is 41.0. The van der Waals surface area contributed by atoms with Crippen molar-refractivity contribution in [2.24, 2.45) is 28.2 Å². The van der Waals surface area contributed by atoms with E-state index in [-0.39, 0.29) is 22.2 Å². The average Bonchev–Trinajstić information content (AvgIpc) is 1.51. The van der Waals surface area contributed by atoms with Crippen LogP contribution in [0.15, 0.2) is 298 Å². The van der Waals surface area contributed by atoms with Crippen LogP contribution in [0.4, 0.5) is 0 Å². The fourth-order valence-electron chi connectivity index (χ4n) is 25.3. The van der Waals surface area contributed by atoms with Gasteiger partial charge in [-0.2, -0.15) is 0 Å². The third-order valence-electron chi connectivity index (χ3n) is 30.9.